The number of anilines is 1. The zero-order valence-electron chi connectivity index (χ0n) is 13.5. The molecule has 1 aromatic heterocycles. The normalized spacial score (nSPS) is 12.8. The van der Waals surface area contributed by atoms with Crippen molar-refractivity contribution in [2.75, 3.05) is 11.6 Å². The van der Waals surface area contributed by atoms with E-state index in [9.17, 15) is 17.2 Å². The number of H-pyrrole nitrogens is 1. The third-order valence-corrected chi connectivity index (χ3v) is 4.97. The molecule has 0 spiro atoms. The molecule has 0 aliphatic carbocycles. The highest BCUT2D eigenvalue weighted by molar-refractivity contribution is 7.90. The van der Waals surface area contributed by atoms with Crippen LogP contribution >= 0.6 is 11.6 Å². The molecule has 0 fully saturated rings. The van der Waals surface area contributed by atoms with E-state index in [1.54, 1.807) is 0 Å². The summed E-state index contributed by atoms with van der Waals surface area (Å²) in [4.78, 5) is 6.86. The zero-order valence-corrected chi connectivity index (χ0v) is 15.1. The first-order chi connectivity index (χ1) is 12.2. The van der Waals surface area contributed by atoms with E-state index in [0.29, 0.717) is 11.3 Å². The van der Waals surface area contributed by atoms with E-state index < -0.39 is 27.5 Å². The molecule has 0 aliphatic rings. The fourth-order valence-electron chi connectivity index (χ4n) is 2.37. The number of benzene rings is 2. The van der Waals surface area contributed by atoms with E-state index in [1.807, 2.05) is 0 Å². The maximum absolute atomic E-state index is 13.5. The topological polar surface area (TPSA) is 74.8 Å². The van der Waals surface area contributed by atoms with E-state index in [1.165, 1.54) is 48.7 Å². The number of imidazole rings is 1. The van der Waals surface area contributed by atoms with E-state index in [0.717, 1.165) is 6.26 Å². The quantitative estimate of drug-likeness (QED) is 0.683. The number of nitrogens with zero attached hydrogens (tertiary/aromatic N) is 1. The highest BCUT2D eigenvalue weighted by Crippen LogP contribution is 2.28. The van der Waals surface area contributed by atoms with Crippen LogP contribution < -0.4 is 5.32 Å². The van der Waals surface area contributed by atoms with Crippen LogP contribution in [0.2, 0.25) is 5.02 Å². The Morgan fingerprint density at radius 2 is 1.85 bits per heavy atom. The lowest BCUT2D eigenvalue weighted by atomic mass is 10.1. The van der Waals surface area contributed by atoms with Gasteiger partial charge < -0.3 is 10.3 Å². The summed E-state index contributed by atoms with van der Waals surface area (Å²) in [6.07, 6.45) is 2.26. The van der Waals surface area contributed by atoms with Gasteiger partial charge in [0.15, 0.2) is 14.9 Å². The van der Waals surface area contributed by atoms with Gasteiger partial charge in [0.2, 0.25) is 0 Å². The molecule has 0 saturated carbocycles. The van der Waals surface area contributed by atoms with Gasteiger partial charge in [0.1, 0.15) is 23.5 Å². The molecule has 3 rings (SSSR count). The van der Waals surface area contributed by atoms with Crippen molar-refractivity contribution in [1.82, 2.24) is 9.97 Å². The second-order valence-corrected chi connectivity index (χ2v) is 8.05. The lowest BCUT2D eigenvalue weighted by molar-refractivity contribution is 0.598. The minimum Gasteiger partial charge on any atom is -0.372 e. The van der Waals surface area contributed by atoms with Gasteiger partial charge in [0.25, 0.3) is 0 Å². The molecule has 3 aromatic rings. The van der Waals surface area contributed by atoms with Gasteiger partial charge in [-0.2, -0.15) is 0 Å². The van der Waals surface area contributed by atoms with Gasteiger partial charge in [-0.15, -0.1) is 0 Å². The predicted octanol–water partition coefficient (Wildman–Crippen LogP) is 3.95. The van der Waals surface area contributed by atoms with Crippen molar-refractivity contribution in [3.8, 4) is 0 Å². The first-order valence-corrected chi connectivity index (χ1v) is 9.73. The van der Waals surface area contributed by atoms with Gasteiger partial charge >= 0.3 is 0 Å². The monoisotopic (exact) mass is 397 g/mol. The van der Waals surface area contributed by atoms with Gasteiger partial charge in [-0.3, -0.25) is 0 Å². The SMILES string of the molecule is CS(=O)(=O)c1cnc([C@H](Nc2ccc(F)cc2)c2ccc(F)c(Cl)c2)[nH]1. The maximum Gasteiger partial charge on any atom is 0.192 e. The molecule has 9 heteroatoms. The fraction of sp³-hybridized carbons (Fsp3) is 0.118. The summed E-state index contributed by atoms with van der Waals surface area (Å²) < 4.78 is 50.0. The van der Waals surface area contributed by atoms with Gasteiger partial charge in [-0.25, -0.2) is 22.2 Å². The largest absolute Gasteiger partial charge is 0.372 e. The van der Waals surface area contributed by atoms with E-state index in [4.69, 9.17) is 11.6 Å². The van der Waals surface area contributed by atoms with Crippen LogP contribution in [0, 0.1) is 11.6 Å². The third kappa shape index (κ3) is 4.03. The zero-order chi connectivity index (χ0) is 18.9. The molecule has 1 heterocycles. The standard InChI is InChI=1S/C17H14ClF2N3O2S/c1-26(24,25)15-9-21-17(23-15)16(10-2-7-14(20)13(18)8-10)22-12-5-3-11(19)4-6-12/h2-9,16,22H,1H3,(H,21,23)/t16-/m1/s1. The minimum absolute atomic E-state index is 0.0494. The van der Waals surface area contributed by atoms with Crippen molar-refractivity contribution in [2.24, 2.45) is 0 Å². The fourth-order valence-corrected chi connectivity index (χ4v) is 3.09. The first kappa shape index (κ1) is 18.3. The van der Waals surface area contributed by atoms with Crippen molar-refractivity contribution < 1.29 is 17.2 Å². The summed E-state index contributed by atoms with van der Waals surface area (Å²) >= 11 is 5.87. The first-order valence-electron chi connectivity index (χ1n) is 7.46. The third-order valence-electron chi connectivity index (χ3n) is 3.68. The Labute approximate surface area is 154 Å². The van der Waals surface area contributed by atoms with Crippen LogP contribution in [0.3, 0.4) is 0 Å². The molecule has 5 nitrogen and oxygen atoms in total. The Hall–Kier alpha value is -2.45. The molecular formula is C17H14ClF2N3O2S. The Morgan fingerprint density at radius 1 is 1.15 bits per heavy atom. The second-order valence-electron chi connectivity index (χ2n) is 5.66. The lowest BCUT2D eigenvalue weighted by Gasteiger charge is -2.19. The van der Waals surface area contributed by atoms with Crippen LogP contribution in [0.15, 0.2) is 53.7 Å². The van der Waals surface area contributed by atoms with E-state index in [-0.39, 0.29) is 15.9 Å². The van der Waals surface area contributed by atoms with E-state index in [2.05, 4.69) is 15.3 Å². The van der Waals surface area contributed by atoms with Crippen LogP contribution in [0.1, 0.15) is 17.4 Å². The number of aromatic amines is 1. The maximum atomic E-state index is 13.5. The van der Waals surface area contributed by atoms with Gasteiger partial charge in [0, 0.05) is 11.9 Å². The van der Waals surface area contributed by atoms with Crippen molar-refractivity contribution in [1.29, 1.82) is 0 Å². The average molecular weight is 398 g/mol. The molecule has 0 bridgehead atoms. The predicted molar refractivity (Wildman–Crippen MR) is 95.0 cm³/mol. The van der Waals surface area contributed by atoms with Crippen molar-refractivity contribution >= 4 is 27.1 Å². The van der Waals surface area contributed by atoms with Crippen LogP contribution in [-0.2, 0) is 9.84 Å². The molecule has 0 aliphatic heterocycles. The number of halogens is 3. The molecule has 2 N–H and O–H groups in total. The second kappa shape index (κ2) is 7.05. The highest BCUT2D eigenvalue weighted by atomic mass is 35.5. The van der Waals surface area contributed by atoms with Crippen molar-refractivity contribution in [3.05, 3.63) is 76.7 Å². The molecule has 0 radical (unpaired) electrons. The molecule has 0 unspecified atom stereocenters. The Balaban J connectivity index is 2.04. The number of hydrogen-bond donors (Lipinski definition) is 2. The van der Waals surface area contributed by atoms with Gasteiger partial charge in [-0.1, -0.05) is 17.7 Å². The number of sulfone groups is 1. The molecule has 26 heavy (non-hydrogen) atoms. The summed E-state index contributed by atoms with van der Waals surface area (Å²) in [7, 11) is -3.47. The minimum atomic E-state index is -3.47. The summed E-state index contributed by atoms with van der Waals surface area (Å²) in [5.74, 6) is -0.682. The molecule has 0 saturated heterocycles. The number of aromatic nitrogens is 2. The van der Waals surface area contributed by atoms with Gasteiger partial charge in [0.05, 0.1) is 11.2 Å². The van der Waals surface area contributed by atoms with E-state index >= 15 is 0 Å². The Bertz CT molecular complexity index is 1040. The number of nitrogens with one attached hydrogen (secondary N) is 2. The Kier molecular flexibility index (Phi) is 4.97. The summed E-state index contributed by atoms with van der Waals surface area (Å²) in [5.41, 5.74) is 1.12. The van der Waals surface area contributed by atoms with Crippen LogP contribution in [0.5, 0.6) is 0 Å². The van der Waals surface area contributed by atoms with Crippen LogP contribution in [0.25, 0.3) is 0 Å². The summed E-state index contributed by atoms with van der Waals surface area (Å²) in [6.45, 7) is 0. The smallest absolute Gasteiger partial charge is 0.192 e. The number of hydrogen-bond acceptors (Lipinski definition) is 4. The van der Waals surface area contributed by atoms with Crippen LogP contribution in [0.4, 0.5) is 14.5 Å². The molecular weight excluding hydrogens is 384 g/mol. The number of rotatable bonds is 5. The average Bonchev–Trinajstić information content (AvgIpc) is 3.07. The lowest BCUT2D eigenvalue weighted by Crippen LogP contribution is -2.14. The van der Waals surface area contributed by atoms with Crippen LogP contribution in [-0.4, -0.2) is 24.6 Å². The van der Waals surface area contributed by atoms with Crippen molar-refractivity contribution in [3.63, 3.8) is 0 Å². The summed E-state index contributed by atoms with van der Waals surface area (Å²) in [5, 5.41) is 2.98. The molecule has 136 valence electrons. The summed E-state index contributed by atoms with van der Waals surface area (Å²) in [6, 6.07) is 9.07. The molecule has 2 aromatic carbocycles. The van der Waals surface area contributed by atoms with Gasteiger partial charge in [-0.05, 0) is 42.0 Å². The molecule has 1 atom stereocenters. The van der Waals surface area contributed by atoms with Crippen molar-refractivity contribution in [2.45, 2.75) is 11.1 Å². The highest BCUT2D eigenvalue weighted by Gasteiger charge is 2.21. The molecule has 0 amide bonds. The Morgan fingerprint density at radius 3 is 2.42 bits per heavy atom.